The quantitative estimate of drug-likeness (QED) is 0.697. The van der Waals surface area contributed by atoms with E-state index in [9.17, 15) is 0 Å². The fourth-order valence-electron chi connectivity index (χ4n) is 5.26. The first-order valence-electron chi connectivity index (χ1n) is 8.98. The molecule has 4 bridgehead atoms. The highest BCUT2D eigenvalue weighted by Gasteiger charge is 2.64. The van der Waals surface area contributed by atoms with Crippen LogP contribution >= 0.6 is 0 Å². The second kappa shape index (κ2) is 5.70. The van der Waals surface area contributed by atoms with Crippen LogP contribution in [0.1, 0.15) is 66.7 Å². The standard InChI is InChI=1S/C19H32O2/c1-6-8-15-17-14(12(3)4)10-13-11-20-16(9-7-2)18(17)19(13,5)21-15/h13,15-18H,6-11H2,1-5H3/t13-,15+,16?,17-,18-,19-/m0/s1. The summed E-state index contributed by atoms with van der Waals surface area (Å²) in [5.74, 6) is 1.73. The Hall–Kier alpha value is -0.340. The summed E-state index contributed by atoms with van der Waals surface area (Å²) in [6, 6.07) is 0. The minimum absolute atomic E-state index is 0.0571. The summed E-state index contributed by atoms with van der Waals surface area (Å²) < 4.78 is 13.0. The van der Waals surface area contributed by atoms with Crippen LogP contribution in [0.2, 0.25) is 0 Å². The second-order valence-electron chi connectivity index (χ2n) is 7.77. The third kappa shape index (κ3) is 2.30. The normalized spacial score (nSPS) is 45.0. The maximum Gasteiger partial charge on any atom is 0.0771 e. The number of allylic oxidation sites excluding steroid dienone is 1. The van der Waals surface area contributed by atoms with Crippen LogP contribution in [0.3, 0.4) is 0 Å². The molecule has 3 rings (SSSR count). The summed E-state index contributed by atoms with van der Waals surface area (Å²) in [5.41, 5.74) is 3.28. The predicted molar refractivity (Wildman–Crippen MR) is 86.3 cm³/mol. The van der Waals surface area contributed by atoms with E-state index in [1.54, 1.807) is 5.57 Å². The van der Waals surface area contributed by atoms with Crippen molar-refractivity contribution in [2.75, 3.05) is 6.61 Å². The third-order valence-electron chi connectivity index (χ3n) is 6.23. The molecule has 3 aliphatic rings. The zero-order valence-corrected chi connectivity index (χ0v) is 14.4. The van der Waals surface area contributed by atoms with Gasteiger partial charge in [0.15, 0.2) is 0 Å². The summed E-state index contributed by atoms with van der Waals surface area (Å²) in [6.07, 6.45) is 6.81. The monoisotopic (exact) mass is 292 g/mol. The highest BCUT2D eigenvalue weighted by molar-refractivity contribution is 5.28. The van der Waals surface area contributed by atoms with Crippen molar-refractivity contribution in [3.05, 3.63) is 11.1 Å². The summed E-state index contributed by atoms with van der Waals surface area (Å²) in [7, 11) is 0. The van der Waals surface area contributed by atoms with E-state index < -0.39 is 0 Å². The molecule has 120 valence electrons. The molecular weight excluding hydrogens is 260 g/mol. The maximum absolute atomic E-state index is 6.72. The van der Waals surface area contributed by atoms with Gasteiger partial charge in [0.05, 0.1) is 24.4 Å². The average molecular weight is 292 g/mol. The Kier molecular flexibility index (Phi) is 4.22. The summed E-state index contributed by atoms with van der Waals surface area (Å²) in [4.78, 5) is 0. The summed E-state index contributed by atoms with van der Waals surface area (Å²) in [5, 5.41) is 0. The Balaban J connectivity index is 2.02. The maximum atomic E-state index is 6.72. The molecule has 1 unspecified atom stereocenters. The van der Waals surface area contributed by atoms with Crippen molar-refractivity contribution in [2.24, 2.45) is 17.8 Å². The van der Waals surface area contributed by atoms with Crippen LogP contribution in [0.25, 0.3) is 0 Å². The van der Waals surface area contributed by atoms with E-state index in [2.05, 4.69) is 34.6 Å². The van der Waals surface area contributed by atoms with Crippen molar-refractivity contribution >= 4 is 0 Å². The fraction of sp³-hybridized carbons (Fsp3) is 0.895. The molecule has 0 aromatic rings. The lowest BCUT2D eigenvalue weighted by molar-refractivity contribution is -0.182. The van der Waals surface area contributed by atoms with E-state index in [0.29, 0.717) is 30.0 Å². The van der Waals surface area contributed by atoms with Gasteiger partial charge >= 0.3 is 0 Å². The third-order valence-corrected chi connectivity index (χ3v) is 6.23. The molecule has 1 aliphatic carbocycles. The lowest BCUT2D eigenvalue weighted by atomic mass is 9.59. The van der Waals surface area contributed by atoms with E-state index in [1.807, 2.05) is 0 Å². The molecule has 0 spiro atoms. The smallest absolute Gasteiger partial charge is 0.0771 e. The van der Waals surface area contributed by atoms with Gasteiger partial charge in [-0.25, -0.2) is 0 Å². The average Bonchev–Trinajstić information content (AvgIpc) is 2.63. The molecule has 0 amide bonds. The highest BCUT2D eigenvalue weighted by atomic mass is 16.5. The predicted octanol–water partition coefficient (Wildman–Crippen LogP) is 4.73. The number of hydrogen-bond donors (Lipinski definition) is 0. The molecule has 3 fully saturated rings. The Bertz CT molecular complexity index is 423. The first-order valence-corrected chi connectivity index (χ1v) is 8.98. The van der Waals surface area contributed by atoms with Gasteiger partial charge in [0.1, 0.15) is 0 Å². The van der Waals surface area contributed by atoms with Crippen molar-refractivity contribution in [1.82, 2.24) is 0 Å². The molecule has 2 aliphatic heterocycles. The lowest BCUT2D eigenvalue weighted by Crippen LogP contribution is -2.57. The van der Waals surface area contributed by atoms with E-state index in [0.717, 1.165) is 6.61 Å². The molecule has 2 heterocycles. The van der Waals surface area contributed by atoms with Crippen molar-refractivity contribution in [3.63, 3.8) is 0 Å². The van der Waals surface area contributed by atoms with Gasteiger partial charge in [0.2, 0.25) is 0 Å². The molecule has 0 aromatic heterocycles. The van der Waals surface area contributed by atoms with Gasteiger partial charge in [-0.3, -0.25) is 0 Å². The van der Waals surface area contributed by atoms with Crippen molar-refractivity contribution < 1.29 is 9.47 Å². The molecule has 1 saturated carbocycles. The Morgan fingerprint density at radius 1 is 1.14 bits per heavy atom. The largest absolute Gasteiger partial charge is 0.377 e. The number of rotatable bonds is 4. The molecule has 6 atom stereocenters. The molecule has 0 radical (unpaired) electrons. The number of ether oxygens (including phenoxy) is 2. The molecule has 21 heavy (non-hydrogen) atoms. The van der Waals surface area contributed by atoms with E-state index >= 15 is 0 Å². The van der Waals surface area contributed by atoms with Crippen molar-refractivity contribution in [1.29, 1.82) is 0 Å². The zero-order chi connectivity index (χ0) is 15.2. The van der Waals surface area contributed by atoms with Crippen molar-refractivity contribution in [3.8, 4) is 0 Å². The Morgan fingerprint density at radius 3 is 2.43 bits per heavy atom. The van der Waals surface area contributed by atoms with Gasteiger partial charge in [-0.05, 0) is 40.0 Å². The topological polar surface area (TPSA) is 18.5 Å². The first kappa shape index (κ1) is 15.6. The second-order valence-corrected chi connectivity index (χ2v) is 7.77. The van der Waals surface area contributed by atoms with Crippen LogP contribution in [0.4, 0.5) is 0 Å². The van der Waals surface area contributed by atoms with E-state index in [4.69, 9.17) is 9.47 Å². The minimum Gasteiger partial charge on any atom is -0.377 e. The molecule has 0 aromatic carbocycles. The van der Waals surface area contributed by atoms with Crippen LogP contribution in [-0.4, -0.2) is 24.4 Å². The Morgan fingerprint density at radius 2 is 1.81 bits per heavy atom. The summed E-state index contributed by atoms with van der Waals surface area (Å²) in [6.45, 7) is 12.4. The van der Waals surface area contributed by atoms with Gasteiger partial charge in [-0.15, -0.1) is 0 Å². The Labute approximate surface area is 130 Å². The van der Waals surface area contributed by atoms with Crippen LogP contribution in [0.5, 0.6) is 0 Å². The van der Waals surface area contributed by atoms with Gasteiger partial charge in [0, 0.05) is 17.8 Å². The van der Waals surface area contributed by atoms with Gasteiger partial charge in [-0.2, -0.15) is 0 Å². The highest BCUT2D eigenvalue weighted by Crippen LogP contribution is 2.60. The van der Waals surface area contributed by atoms with Crippen LogP contribution in [0, 0.1) is 17.8 Å². The SMILES string of the molecule is CCCC1OC[C@@H]2CC(=C(C)C)[C@H]3[C@@H](CCC)O[C@]2(C)[C@@H]13. The zero-order valence-electron chi connectivity index (χ0n) is 14.4. The van der Waals surface area contributed by atoms with E-state index in [-0.39, 0.29) is 5.60 Å². The lowest BCUT2D eigenvalue weighted by Gasteiger charge is -2.51. The fourth-order valence-corrected chi connectivity index (χ4v) is 5.26. The molecule has 2 nitrogen and oxygen atoms in total. The van der Waals surface area contributed by atoms with Crippen molar-refractivity contribution in [2.45, 2.75) is 84.5 Å². The molecular formula is C19H32O2. The first-order chi connectivity index (χ1) is 10.0. The molecule has 2 heteroatoms. The van der Waals surface area contributed by atoms with Crippen LogP contribution < -0.4 is 0 Å². The number of hydrogen-bond acceptors (Lipinski definition) is 2. The van der Waals surface area contributed by atoms with Gasteiger partial charge in [-0.1, -0.05) is 37.8 Å². The summed E-state index contributed by atoms with van der Waals surface area (Å²) >= 11 is 0. The minimum atomic E-state index is 0.0571. The van der Waals surface area contributed by atoms with E-state index in [1.165, 1.54) is 37.7 Å². The molecule has 2 saturated heterocycles. The van der Waals surface area contributed by atoms with Crippen LogP contribution in [-0.2, 0) is 9.47 Å². The van der Waals surface area contributed by atoms with Gasteiger partial charge < -0.3 is 9.47 Å². The van der Waals surface area contributed by atoms with Gasteiger partial charge in [0.25, 0.3) is 0 Å². The van der Waals surface area contributed by atoms with Crippen LogP contribution in [0.15, 0.2) is 11.1 Å². The molecule has 0 N–H and O–H groups in total.